The predicted octanol–water partition coefficient (Wildman–Crippen LogP) is 6.14. The van der Waals surface area contributed by atoms with Crippen LogP contribution in [-0.4, -0.2) is 25.2 Å². The maximum atomic E-state index is 12.7. The van der Waals surface area contributed by atoms with Gasteiger partial charge in [-0.1, -0.05) is 34.1 Å². The molecule has 0 aromatic heterocycles. The van der Waals surface area contributed by atoms with Crippen LogP contribution in [0.25, 0.3) is 0 Å². The molecule has 166 valence electrons. The van der Waals surface area contributed by atoms with E-state index in [1.54, 1.807) is 48.5 Å². The molecule has 0 unspecified atom stereocenters. The summed E-state index contributed by atoms with van der Waals surface area (Å²) in [5, 5.41) is 8.41. The lowest BCUT2D eigenvalue weighted by Crippen LogP contribution is -2.20. The lowest BCUT2D eigenvalue weighted by atomic mass is 10.2. The Labute approximate surface area is 195 Å². The molecule has 0 heterocycles. The van der Waals surface area contributed by atoms with Crippen LogP contribution in [0.15, 0.2) is 71.2 Å². The van der Waals surface area contributed by atoms with Crippen molar-refractivity contribution in [2.24, 2.45) is 0 Å². The number of amides is 3. The third-order valence-corrected chi connectivity index (χ3v) is 4.84. The van der Waals surface area contributed by atoms with Gasteiger partial charge >= 0.3 is 6.03 Å². The Kier molecular flexibility index (Phi) is 8.10. The van der Waals surface area contributed by atoms with Gasteiger partial charge in [0.05, 0.1) is 24.6 Å². The highest BCUT2D eigenvalue weighted by molar-refractivity contribution is 9.10. The molecular weight excluding hydrogens is 474 g/mol. The Hall–Kier alpha value is -3.52. The first-order valence-corrected chi connectivity index (χ1v) is 10.9. The van der Waals surface area contributed by atoms with Crippen LogP contribution in [-0.2, 0) is 0 Å². The maximum absolute atomic E-state index is 12.7. The Morgan fingerprint density at radius 1 is 0.781 bits per heavy atom. The Morgan fingerprint density at radius 2 is 1.34 bits per heavy atom. The van der Waals surface area contributed by atoms with E-state index < -0.39 is 6.03 Å². The number of para-hydroxylation sites is 1. The quantitative estimate of drug-likeness (QED) is 0.348. The molecule has 0 saturated carbocycles. The highest BCUT2D eigenvalue weighted by Crippen LogP contribution is 2.37. The number of hydrogen-bond donors (Lipinski definition) is 3. The van der Waals surface area contributed by atoms with Gasteiger partial charge < -0.3 is 25.4 Å². The monoisotopic (exact) mass is 497 g/mol. The van der Waals surface area contributed by atoms with Gasteiger partial charge in [0.25, 0.3) is 5.91 Å². The molecule has 3 aromatic rings. The molecule has 0 radical (unpaired) electrons. The molecule has 0 aliphatic carbocycles. The van der Waals surface area contributed by atoms with E-state index in [1.807, 2.05) is 32.0 Å². The topological polar surface area (TPSA) is 88.7 Å². The van der Waals surface area contributed by atoms with Crippen molar-refractivity contribution < 1.29 is 19.1 Å². The molecule has 3 amide bonds. The van der Waals surface area contributed by atoms with Gasteiger partial charge in [-0.2, -0.15) is 0 Å². The van der Waals surface area contributed by atoms with Crippen LogP contribution in [0.5, 0.6) is 11.5 Å². The molecule has 0 fully saturated rings. The average molecular weight is 498 g/mol. The number of benzene rings is 3. The third kappa shape index (κ3) is 6.24. The molecule has 3 rings (SSSR count). The second kappa shape index (κ2) is 11.2. The van der Waals surface area contributed by atoms with Gasteiger partial charge in [-0.25, -0.2) is 4.79 Å². The molecule has 0 saturated heterocycles. The Morgan fingerprint density at radius 3 is 1.91 bits per heavy atom. The second-order valence-corrected chi connectivity index (χ2v) is 7.53. The molecule has 0 aliphatic rings. The number of carbonyl (C=O) groups excluding carboxylic acids is 2. The van der Waals surface area contributed by atoms with Crippen molar-refractivity contribution in [1.29, 1.82) is 0 Å². The minimum absolute atomic E-state index is 0.288. The van der Waals surface area contributed by atoms with E-state index in [1.165, 1.54) is 0 Å². The second-order valence-electron chi connectivity index (χ2n) is 6.62. The largest absolute Gasteiger partial charge is 0.492 e. The summed E-state index contributed by atoms with van der Waals surface area (Å²) in [4.78, 5) is 25.2. The zero-order valence-electron chi connectivity index (χ0n) is 17.8. The van der Waals surface area contributed by atoms with Crippen LogP contribution in [0.4, 0.5) is 21.9 Å². The summed E-state index contributed by atoms with van der Waals surface area (Å²) < 4.78 is 12.3. The molecule has 0 spiro atoms. The van der Waals surface area contributed by atoms with E-state index in [-0.39, 0.29) is 5.91 Å². The molecule has 0 atom stereocenters. The third-order valence-electron chi connectivity index (χ3n) is 4.32. The summed E-state index contributed by atoms with van der Waals surface area (Å²) in [7, 11) is 0. The summed E-state index contributed by atoms with van der Waals surface area (Å²) in [6.45, 7) is 4.43. The number of ether oxygens (including phenoxy) is 2. The van der Waals surface area contributed by atoms with E-state index in [0.29, 0.717) is 47.3 Å². The van der Waals surface area contributed by atoms with E-state index >= 15 is 0 Å². The van der Waals surface area contributed by atoms with E-state index in [4.69, 9.17) is 9.47 Å². The lowest BCUT2D eigenvalue weighted by Gasteiger charge is -2.18. The summed E-state index contributed by atoms with van der Waals surface area (Å²) in [5.41, 5.74) is 2.02. The van der Waals surface area contributed by atoms with Crippen LogP contribution in [0.2, 0.25) is 0 Å². The molecule has 3 N–H and O–H groups in total. The van der Waals surface area contributed by atoms with Gasteiger partial charge in [0.15, 0.2) is 0 Å². The minimum Gasteiger partial charge on any atom is -0.492 e. The molecule has 8 heteroatoms. The molecule has 0 bridgehead atoms. The summed E-state index contributed by atoms with van der Waals surface area (Å²) >= 11 is 3.36. The number of rotatable bonds is 8. The van der Waals surface area contributed by atoms with Gasteiger partial charge in [-0.05, 0) is 50.2 Å². The average Bonchev–Trinajstić information content (AvgIpc) is 2.78. The highest BCUT2D eigenvalue weighted by atomic mass is 79.9. The maximum Gasteiger partial charge on any atom is 0.323 e. The molecule has 32 heavy (non-hydrogen) atoms. The van der Waals surface area contributed by atoms with E-state index in [9.17, 15) is 9.59 Å². The highest BCUT2D eigenvalue weighted by Gasteiger charge is 2.17. The first-order chi connectivity index (χ1) is 15.5. The fraction of sp³-hybridized carbons (Fsp3) is 0.167. The van der Waals surface area contributed by atoms with Crippen molar-refractivity contribution in [2.75, 3.05) is 29.2 Å². The zero-order chi connectivity index (χ0) is 22.9. The Bertz CT molecular complexity index is 1070. The van der Waals surface area contributed by atoms with E-state index in [0.717, 1.165) is 4.47 Å². The van der Waals surface area contributed by atoms with Crippen molar-refractivity contribution in [3.8, 4) is 11.5 Å². The summed E-state index contributed by atoms with van der Waals surface area (Å²) in [6, 6.07) is 19.0. The molecule has 3 aromatic carbocycles. The fourth-order valence-electron chi connectivity index (χ4n) is 2.91. The van der Waals surface area contributed by atoms with Crippen LogP contribution in [0, 0.1) is 0 Å². The van der Waals surface area contributed by atoms with Gasteiger partial charge in [0.2, 0.25) is 0 Å². The van der Waals surface area contributed by atoms with Crippen molar-refractivity contribution in [1.82, 2.24) is 0 Å². The predicted molar refractivity (Wildman–Crippen MR) is 130 cm³/mol. The van der Waals surface area contributed by atoms with Crippen LogP contribution >= 0.6 is 15.9 Å². The minimum atomic E-state index is -0.425. The van der Waals surface area contributed by atoms with Crippen LogP contribution in [0.1, 0.15) is 24.2 Å². The van der Waals surface area contributed by atoms with Crippen molar-refractivity contribution in [3.05, 3.63) is 76.8 Å². The SMILES string of the molecule is CCOc1cc(NC(=O)c2ccc(Br)cc2)c(OCC)cc1NC(=O)Nc1ccccc1. The van der Waals surface area contributed by atoms with Crippen molar-refractivity contribution in [2.45, 2.75) is 13.8 Å². The first kappa shape index (κ1) is 23.1. The van der Waals surface area contributed by atoms with Gasteiger partial charge in [-0.15, -0.1) is 0 Å². The number of anilines is 3. The molecular formula is C24H24BrN3O4. The Balaban J connectivity index is 1.86. The van der Waals surface area contributed by atoms with E-state index in [2.05, 4.69) is 31.9 Å². The number of hydrogen-bond acceptors (Lipinski definition) is 4. The zero-order valence-corrected chi connectivity index (χ0v) is 19.4. The van der Waals surface area contributed by atoms with Gasteiger partial charge in [0.1, 0.15) is 11.5 Å². The van der Waals surface area contributed by atoms with Crippen molar-refractivity contribution >= 4 is 44.9 Å². The van der Waals surface area contributed by atoms with Crippen molar-refractivity contribution in [3.63, 3.8) is 0 Å². The van der Waals surface area contributed by atoms with Gasteiger partial charge in [0, 0.05) is 27.9 Å². The summed E-state index contributed by atoms with van der Waals surface area (Å²) in [6.07, 6.45) is 0. The normalized spacial score (nSPS) is 10.2. The molecule has 0 aliphatic heterocycles. The van der Waals surface area contributed by atoms with Crippen LogP contribution < -0.4 is 25.4 Å². The van der Waals surface area contributed by atoms with Gasteiger partial charge in [-0.3, -0.25) is 4.79 Å². The first-order valence-electron chi connectivity index (χ1n) is 10.1. The number of urea groups is 1. The fourth-order valence-corrected chi connectivity index (χ4v) is 3.17. The lowest BCUT2D eigenvalue weighted by molar-refractivity contribution is 0.102. The number of carbonyl (C=O) groups is 2. The molecule has 7 nitrogen and oxygen atoms in total. The standard InChI is InChI=1S/C24H24BrN3O4/c1-3-31-21-15-20(28-24(30)26-18-8-6-5-7-9-18)22(32-4-2)14-19(21)27-23(29)16-10-12-17(25)13-11-16/h5-15H,3-4H2,1-2H3,(H,27,29)(H2,26,28,30). The van der Waals surface area contributed by atoms with Crippen LogP contribution in [0.3, 0.4) is 0 Å². The summed E-state index contributed by atoms with van der Waals surface area (Å²) in [5.74, 6) is 0.533. The number of nitrogens with one attached hydrogen (secondary N) is 3. The number of halogens is 1. The smallest absolute Gasteiger partial charge is 0.323 e.